The molecular weight excluding hydrogens is 263 g/mol. The molecule has 2 aromatic rings. The zero-order valence-electron chi connectivity index (χ0n) is 8.61. The minimum absolute atomic E-state index is 0.0235. The molecule has 2 rings (SSSR count). The van der Waals surface area contributed by atoms with Crippen LogP contribution in [-0.4, -0.2) is 9.55 Å². The summed E-state index contributed by atoms with van der Waals surface area (Å²) in [6.07, 6.45) is 0. The average Bonchev–Trinajstić information content (AvgIpc) is 2.25. The smallest absolute Gasteiger partial charge is 0.298 e. The molecule has 1 heterocycles. The van der Waals surface area contributed by atoms with Crippen molar-refractivity contribution in [2.24, 2.45) is 0 Å². The molecule has 0 radical (unpaired) electrons. The van der Waals surface area contributed by atoms with Crippen molar-refractivity contribution < 1.29 is 0 Å². The minimum atomic E-state index is -0.553. The van der Waals surface area contributed by atoms with E-state index in [0.29, 0.717) is 10.6 Å². The molecule has 0 amide bonds. The second-order valence-electron chi connectivity index (χ2n) is 3.44. The highest BCUT2D eigenvalue weighted by Crippen LogP contribution is 2.14. The van der Waals surface area contributed by atoms with Gasteiger partial charge in [-0.25, -0.2) is 4.79 Å². The van der Waals surface area contributed by atoms with E-state index in [4.69, 9.17) is 23.2 Å². The Hall–Kier alpha value is -1.52. The largest absolute Gasteiger partial charge is 0.329 e. The van der Waals surface area contributed by atoms with Crippen LogP contribution in [0.2, 0.25) is 10.2 Å². The Morgan fingerprint density at radius 3 is 2.53 bits per heavy atom. The lowest BCUT2D eigenvalue weighted by atomic mass is 10.2. The Kier molecular flexibility index (Phi) is 3.36. The van der Waals surface area contributed by atoms with Crippen LogP contribution in [-0.2, 0) is 6.54 Å². The second-order valence-corrected chi connectivity index (χ2v) is 4.25. The van der Waals surface area contributed by atoms with Gasteiger partial charge in [-0.2, -0.15) is 0 Å². The monoisotopic (exact) mass is 270 g/mol. The van der Waals surface area contributed by atoms with Gasteiger partial charge in [-0.15, -0.1) is 0 Å². The Morgan fingerprint density at radius 2 is 1.88 bits per heavy atom. The number of hydrogen-bond donors (Lipinski definition) is 1. The van der Waals surface area contributed by atoms with E-state index in [-0.39, 0.29) is 11.7 Å². The molecule has 4 nitrogen and oxygen atoms in total. The number of rotatable bonds is 2. The summed E-state index contributed by atoms with van der Waals surface area (Å²) in [5.74, 6) is 0. The van der Waals surface area contributed by atoms with Gasteiger partial charge in [0.15, 0.2) is 0 Å². The lowest BCUT2D eigenvalue weighted by Gasteiger charge is -2.06. The molecule has 0 spiro atoms. The van der Waals surface area contributed by atoms with Gasteiger partial charge in [-0.3, -0.25) is 14.3 Å². The Morgan fingerprint density at radius 1 is 1.18 bits per heavy atom. The number of halogens is 2. The van der Waals surface area contributed by atoms with Crippen LogP contribution in [0.25, 0.3) is 0 Å². The zero-order valence-corrected chi connectivity index (χ0v) is 10.1. The van der Waals surface area contributed by atoms with Gasteiger partial charge in [0.2, 0.25) is 0 Å². The molecule has 0 saturated carbocycles. The molecular formula is C11H8Cl2N2O2. The van der Waals surface area contributed by atoms with Crippen LogP contribution >= 0.6 is 23.2 Å². The molecule has 1 aromatic heterocycles. The predicted molar refractivity (Wildman–Crippen MR) is 66.9 cm³/mol. The molecule has 0 aliphatic heterocycles. The van der Waals surface area contributed by atoms with Gasteiger partial charge in [-0.1, -0.05) is 41.4 Å². The number of H-pyrrole nitrogens is 1. The Labute approximate surface area is 106 Å². The van der Waals surface area contributed by atoms with Crippen molar-refractivity contribution in [3.05, 3.63) is 66.9 Å². The average molecular weight is 271 g/mol. The van der Waals surface area contributed by atoms with E-state index < -0.39 is 11.2 Å². The predicted octanol–water partition coefficient (Wildman–Crippen LogP) is 1.89. The minimum Gasteiger partial charge on any atom is -0.298 e. The highest BCUT2D eigenvalue weighted by atomic mass is 35.5. The van der Waals surface area contributed by atoms with Gasteiger partial charge in [0.1, 0.15) is 5.15 Å². The summed E-state index contributed by atoms with van der Waals surface area (Å²) < 4.78 is 1.03. The maximum atomic E-state index is 11.6. The van der Waals surface area contributed by atoms with Crippen LogP contribution in [0, 0.1) is 0 Å². The van der Waals surface area contributed by atoms with E-state index in [0.717, 1.165) is 10.6 Å². The topological polar surface area (TPSA) is 54.9 Å². The summed E-state index contributed by atoms with van der Waals surface area (Å²) in [6.45, 7) is 0.116. The van der Waals surface area contributed by atoms with Gasteiger partial charge in [-0.05, 0) is 11.6 Å². The summed E-state index contributed by atoms with van der Waals surface area (Å²) >= 11 is 11.5. The van der Waals surface area contributed by atoms with Crippen LogP contribution in [0.15, 0.2) is 39.9 Å². The van der Waals surface area contributed by atoms with Crippen molar-refractivity contribution in [2.45, 2.75) is 6.54 Å². The molecule has 88 valence electrons. The summed E-state index contributed by atoms with van der Waals surface area (Å²) in [7, 11) is 0. The number of nitrogens with one attached hydrogen (secondary N) is 1. The van der Waals surface area contributed by atoms with Crippen molar-refractivity contribution in [3.63, 3.8) is 0 Å². The van der Waals surface area contributed by atoms with Crippen LogP contribution in [0.4, 0.5) is 0 Å². The van der Waals surface area contributed by atoms with Crippen LogP contribution < -0.4 is 11.2 Å². The fraction of sp³-hybridized carbons (Fsp3) is 0.0909. The van der Waals surface area contributed by atoms with Crippen molar-refractivity contribution in [1.82, 2.24) is 9.55 Å². The van der Waals surface area contributed by atoms with Gasteiger partial charge in [0.05, 0.1) is 6.54 Å². The van der Waals surface area contributed by atoms with E-state index in [1.807, 2.05) is 0 Å². The van der Waals surface area contributed by atoms with E-state index in [1.165, 1.54) is 0 Å². The maximum Gasteiger partial charge on any atom is 0.329 e. The molecule has 0 fully saturated rings. The molecule has 17 heavy (non-hydrogen) atoms. The normalized spacial score (nSPS) is 10.5. The quantitative estimate of drug-likeness (QED) is 0.848. The second kappa shape index (κ2) is 4.77. The van der Waals surface area contributed by atoms with Gasteiger partial charge >= 0.3 is 5.69 Å². The van der Waals surface area contributed by atoms with Crippen LogP contribution in [0.1, 0.15) is 5.56 Å². The lowest BCUT2D eigenvalue weighted by Crippen LogP contribution is -2.34. The molecule has 0 aliphatic carbocycles. The van der Waals surface area contributed by atoms with E-state index in [2.05, 4.69) is 4.98 Å². The first kappa shape index (κ1) is 12.0. The third kappa shape index (κ3) is 2.60. The molecule has 0 unspecified atom stereocenters. The first-order valence-electron chi connectivity index (χ1n) is 4.81. The number of benzene rings is 1. The number of hydrogen-bond acceptors (Lipinski definition) is 2. The molecule has 1 aromatic carbocycles. The summed E-state index contributed by atoms with van der Waals surface area (Å²) in [6, 6.07) is 8.17. The van der Waals surface area contributed by atoms with Crippen molar-refractivity contribution in [2.75, 3.05) is 0 Å². The van der Waals surface area contributed by atoms with Crippen molar-refractivity contribution >= 4 is 23.2 Å². The van der Waals surface area contributed by atoms with E-state index >= 15 is 0 Å². The van der Waals surface area contributed by atoms with E-state index in [9.17, 15) is 9.59 Å². The first-order valence-corrected chi connectivity index (χ1v) is 5.56. The molecule has 1 N–H and O–H groups in total. The fourth-order valence-electron chi connectivity index (χ4n) is 1.44. The van der Waals surface area contributed by atoms with E-state index in [1.54, 1.807) is 24.3 Å². The van der Waals surface area contributed by atoms with Gasteiger partial charge in [0, 0.05) is 11.1 Å². The highest BCUT2D eigenvalue weighted by Gasteiger charge is 2.06. The third-order valence-corrected chi connectivity index (χ3v) is 2.85. The molecule has 0 saturated heterocycles. The molecule has 0 bridgehead atoms. The third-order valence-electron chi connectivity index (χ3n) is 2.27. The SMILES string of the molecule is O=c1cc(Cl)[nH]c(=O)n1Cc1ccccc1Cl. The Bertz CT molecular complexity index is 630. The summed E-state index contributed by atoms with van der Waals surface area (Å²) in [4.78, 5) is 25.5. The van der Waals surface area contributed by atoms with Gasteiger partial charge < -0.3 is 0 Å². The van der Waals surface area contributed by atoms with Gasteiger partial charge in [0.25, 0.3) is 5.56 Å². The maximum absolute atomic E-state index is 11.6. The van der Waals surface area contributed by atoms with Crippen LogP contribution in [0.3, 0.4) is 0 Å². The zero-order chi connectivity index (χ0) is 12.4. The van der Waals surface area contributed by atoms with Crippen molar-refractivity contribution in [1.29, 1.82) is 0 Å². The van der Waals surface area contributed by atoms with Crippen molar-refractivity contribution in [3.8, 4) is 0 Å². The number of nitrogens with zero attached hydrogens (tertiary/aromatic N) is 1. The summed E-state index contributed by atoms with van der Waals surface area (Å²) in [5.41, 5.74) is -0.315. The standard InChI is InChI=1S/C11H8Cl2N2O2/c12-8-4-2-1-3-7(8)6-15-10(16)5-9(13)14-11(15)17/h1-5H,6H2,(H,14,17). The fourth-order valence-corrected chi connectivity index (χ4v) is 1.81. The Balaban J connectivity index is 2.48. The molecule has 0 atom stereocenters. The van der Waals surface area contributed by atoms with Crippen LogP contribution in [0.5, 0.6) is 0 Å². The molecule has 0 aliphatic rings. The summed E-state index contributed by atoms with van der Waals surface area (Å²) in [5, 5.41) is 0.532. The number of aromatic amines is 1. The lowest BCUT2D eigenvalue weighted by molar-refractivity contribution is 0.699. The highest BCUT2D eigenvalue weighted by molar-refractivity contribution is 6.31. The first-order chi connectivity index (χ1) is 8.08. The number of aromatic nitrogens is 2. The molecule has 6 heteroatoms.